The minimum atomic E-state index is -0.916. The topological polar surface area (TPSA) is 61.8 Å². The van der Waals surface area contributed by atoms with Gasteiger partial charge in [-0.15, -0.1) is 0 Å². The Balaban J connectivity index is 3.63. The summed E-state index contributed by atoms with van der Waals surface area (Å²) in [6, 6.07) is 0. The van der Waals surface area contributed by atoms with Gasteiger partial charge < -0.3 is 14.2 Å². The predicted octanol–water partition coefficient (Wildman–Crippen LogP) is 2.67. The molecule has 100 valence electrons. The van der Waals surface area contributed by atoms with E-state index in [0.29, 0.717) is 6.61 Å². The number of rotatable bonds is 8. The first-order valence-corrected chi connectivity index (χ1v) is 6.11. The zero-order valence-corrected chi connectivity index (χ0v) is 10.9. The van der Waals surface area contributed by atoms with E-state index >= 15 is 0 Å². The first kappa shape index (κ1) is 15.7. The van der Waals surface area contributed by atoms with Gasteiger partial charge in [0.25, 0.3) is 0 Å². The fourth-order valence-corrected chi connectivity index (χ4v) is 1.16. The van der Waals surface area contributed by atoms with Gasteiger partial charge in [-0.2, -0.15) is 0 Å². The van der Waals surface area contributed by atoms with Crippen LogP contribution in [0.5, 0.6) is 0 Å². The first-order valence-electron chi connectivity index (χ1n) is 6.11. The highest BCUT2D eigenvalue weighted by molar-refractivity contribution is 5.76. The molecule has 0 aromatic carbocycles. The smallest absolute Gasteiger partial charge is 0.463 e. The van der Waals surface area contributed by atoms with E-state index in [2.05, 4.69) is 11.7 Å². The number of carbonyl (C=O) groups excluding carboxylic acids is 2. The van der Waals surface area contributed by atoms with E-state index in [9.17, 15) is 9.59 Å². The molecule has 1 atom stereocenters. The lowest BCUT2D eigenvalue weighted by Gasteiger charge is -2.12. The number of hydrogen-bond donors (Lipinski definition) is 0. The largest absolute Gasteiger partial charge is 0.509 e. The summed E-state index contributed by atoms with van der Waals surface area (Å²) < 4.78 is 14.2. The summed E-state index contributed by atoms with van der Waals surface area (Å²) in [6.45, 7) is 5.83. The predicted molar refractivity (Wildman–Crippen MR) is 62.7 cm³/mol. The van der Waals surface area contributed by atoms with E-state index in [1.165, 1.54) is 6.92 Å². The highest BCUT2D eigenvalue weighted by atomic mass is 16.7. The molecule has 0 spiro atoms. The van der Waals surface area contributed by atoms with E-state index in [0.717, 1.165) is 25.7 Å². The maximum Gasteiger partial charge on any atom is 0.509 e. The van der Waals surface area contributed by atoms with Crippen LogP contribution in [0.2, 0.25) is 0 Å². The molecular formula is C12H22O5. The number of hydrogen-bond acceptors (Lipinski definition) is 5. The number of ether oxygens (including phenoxy) is 3. The maximum atomic E-state index is 11.4. The van der Waals surface area contributed by atoms with Gasteiger partial charge in [-0.25, -0.2) is 9.59 Å². The standard InChI is InChI=1S/C12H22O5/c1-4-6-7-8-9-16-11(13)10(3)17-12(14)15-5-2/h10H,4-9H2,1-3H3/t10-/m0/s1. The lowest BCUT2D eigenvalue weighted by atomic mass is 10.2. The van der Waals surface area contributed by atoms with Gasteiger partial charge in [0.15, 0.2) is 6.10 Å². The lowest BCUT2D eigenvalue weighted by molar-refractivity contribution is -0.154. The highest BCUT2D eigenvalue weighted by Crippen LogP contribution is 2.02. The van der Waals surface area contributed by atoms with Crippen molar-refractivity contribution in [2.24, 2.45) is 0 Å². The Hall–Kier alpha value is -1.26. The van der Waals surface area contributed by atoms with Crippen molar-refractivity contribution < 1.29 is 23.8 Å². The summed E-state index contributed by atoms with van der Waals surface area (Å²) in [5, 5.41) is 0. The molecule has 5 nitrogen and oxygen atoms in total. The summed E-state index contributed by atoms with van der Waals surface area (Å²) >= 11 is 0. The lowest BCUT2D eigenvalue weighted by Crippen LogP contribution is -2.27. The summed E-state index contributed by atoms with van der Waals surface area (Å²) in [6.07, 6.45) is 2.38. The molecule has 0 N–H and O–H groups in total. The molecule has 0 amide bonds. The minimum Gasteiger partial charge on any atom is -0.463 e. The van der Waals surface area contributed by atoms with Gasteiger partial charge in [0.05, 0.1) is 13.2 Å². The SMILES string of the molecule is CCCCCCOC(=O)[C@H](C)OC(=O)OCC. The molecule has 0 saturated carbocycles. The summed E-state index contributed by atoms with van der Waals surface area (Å²) in [4.78, 5) is 22.3. The summed E-state index contributed by atoms with van der Waals surface area (Å²) in [5.74, 6) is -0.533. The van der Waals surface area contributed by atoms with E-state index in [-0.39, 0.29) is 6.61 Å². The van der Waals surface area contributed by atoms with Crippen LogP contribution in [0, 0.1) is 0 Å². The van der Waals surface area contributed by atoms with Crippen LogP contribution in [0.1, 0.15) is 46.5 Å². The van der Waals surface area contributed by atoms with E-state index in [1.807, 2.05) is 0 Å². The fraction of sp³-hybridized carbons (Fsp3) is 0.833. The Morgan fingerprint density at radius 3 is 2.35 bits per heavy atom. The van der Waals surface area contributed by atoms with Gasteiger partial charge in [0.1, 0.15) is 0 Å². The third-order valence-corrected chi connectivity index (χ3v) is 2.11. The third-order valence-electron chi connectivity index (χ3n) is 2.11. The Kier molecular flexibility index (Phi) is 9.19. The van der Waals surface area contributed by atoms with Crippen molar-refractivity contribution in [3.05, 3.63) is 0 Å². The summed E-state index contributed by atoms with van der Waals surface area (Å²) in [5.41, 5.74) is 0. The van der Waals surface area contributed by atoms with Crippen molar-refractivity contribution in [1.82, 2.24) is 0 Å². The third kappa shape index (κ3) is 8.54. The molecule has 0 heterocycles. The van der Waals surface area contributed by atoms with Crippen LogP contribution in [-0.4, -0.2) is 31.4 Å². The molecule has 0 radical (unpaired) electrons. The second kappa shape index (κ2) is 9.93. The van der Waals surface area contributed by atoms with E-state index in [1.54, 1.807) is 6.92 Å². The van der Waals surface area contributed by atoms with Crippen molar-refractivity contribution in [1.29, 1.82) is 0 Å². The molecule has 5 heteroatoms. The quantitative estimate of drug-likeness (QED) is 0.486. The van der Waals surface area contributed by atoms with E-state index in [4.69, 9.17) is 9.47 Å². The Morgan fingerprint density at radius 1 is 1.06 bits per heavy atom. The van der Waals surface area contributed by atoms with Gasteiger partial charge in [0, 0.05) is 0 Å². The minimum absolute atomic E-state index is 0.220. The van der Waals surface area contributed by atoms with Crippen LogP contribution in [0.25, 0.3) is 0 Å². The molecule has 0 aliphatic rings. The van der Waals surface area contributed by atoms with E-state index < -0.39 is 18.2 Å². The molecule has 0 aromatic rings. The van der Waals surface area contributed by atoms with Crippen LogP contribution in [0.15, 0.2) is 0 Å². The molecule has 0 bridgehead atoms. The van der Waals surface area contributed by atoms with Crippen LogP contribution < -0.4 is 0 Å². The van der Waals surface area contributed by atoms with Crippen LogP contribution >= 0.6 is 0 Å². The normalized spacial score (nSPS) is 11.7. The second-order valence-electron chi connectivity index (χ2n) is 3.67. The molecule has 17 heavy (non-hydrogen) atoms. The molecule has 0 aliphatic carbocycles. The highest BCUT2D eigenvalue weighted by Gasteiger charge is 2.19. The fourth-order valence-electron chi connectivity index (χ4n) is 1.16. The van der Waals surface area contributed by atoms with Crippen LogP contribution in [0.4, 0.5) is 4.79 Å². The van der Waals surface area contributed by atoms with Gasteiger partial charge in [-0.05, 0) is 20.3 Å². The molecule has 0 aromatic heterocycles. The molecule has 0 rings (SSSR count). The number of esters is 1. The molecule has 0 aliphatic heterocycles. The monoisotopic (exact) mass is 246 g/mol. The molecule has 0 unspecified atom stereocenters. The van der Waals surface area contributed by atoms with Gasteiger partial charge in [-0.1, -0.05) is 26.2 Å². The Bertz CT molecular complexity index is 227. The van der Waals surface area contributed by atoms with Gasteiger partial charge in [-0.3, -0.25) is 0 Å². The maximum absolute atomic E-state index is 11.4. The second-order valence-corrected chi connectivity index (χ2v) is 3.67. The van der Waals surface area contributed by atoms with Crippen LogP contribution in [-0.2, 0) is 19.0 Å². The van der Waals surface area contributed by atoms with Crippen molar-refractivity contribution in [2.75, 3.05) is 13.2 Å². The molecular weight excluding hydrogens is 224 g/mol. The van der Waals surface area contributed by atoms with Crippen molar-refractivity contribution in [2.45, 2.75) is 52.6 Å². The Labute approximate surface area is 102 Å². The van der Waals surface area contributed by atoms with Gasteiger partial charge >= 0.3 is 12.1 Å². The van der Waals surface area contributed by atoms with Crippen molar-refractivity contribution in [3.8, 4) is 0 Å². The molecule has 0 saturated heterocycles. The number of carbonyl (C=O) groups is 2. The zero-order chi connectivity index (χ0) is 13.1. The van der Waals surface area contributed by atoms with Gasteiger partial charge in [0.2, 0.25) is 0 Å². The zero-order valence-electron chi connectivity index (χ0n) is 10.9. The number of unbranched alkanes of at least 4 members (excludes halogenated alkanes) is 3. The van der Waals surface area contributed by atoms with Crippen molar-refractivity contribution >= 4 is 12.1 Å². The first-order chi connectivity index (χ1) is 8.11. The van der Waals surface area contributed by atoms with Crippen molar-refractivity contribution in [3.63, 3.8) is 0 Å². The van der Waals surface area contributed by atoms with Crippen LogP contribution in [0.3, 0.4) is 0 Å². The average Bonchev–Trinajstić information content (AvgIpc) is 2.28. The average molecular weight is 246 g/mol. The summed E-state index contributed by atoms with van der Waals surface area (Å²) in [7, 11) is 0. The Morgan fingerprint density at radius 2 is 1.76 bits per heavy atom. The molecule has 0 fully saturated rings.